The molecule has 3 nitrogen and oxygen atoms in total. The van der Waals surface area contributed by atoms with Crippen molar-refractivity contribution in [2.45, 2.75) is 20.3 Å². The van der Waals surface area contributed by atoms with Gasteiger partial charge in [-0.3, -0.25) is 0 Å². The van der Waals surface area contributed by atoms with Gasteiger partial charge in [0.25, 0.3) is 0 Å². The van der Waals surface area contributed by atoms with E-state index in [-0.39, 0.29) is 0 Å². The summed E-state index contributed by atoms with van der Waals surface area (Å²) >= 11 is 0. The van der Waals surface area contributed by atoms with Crippen LogP contribution in [0.1, 0.15) is 19.4 Å². The normalized spacial score (nSPS) is 13.2. The monoisotopic (exact) mass is 305 g/mol. The SMILES string of the molecule is CC(=Nc1ccccc1N)/C(N)=C/C(C)=C\Cc1ccccc1. The summed E-state index contributed by atoms with van der Waals surface area (Å²) in [6.45, 7) is 3.93. The lowest BCUT2D eigenvalue weighted by atomic mass is 10.1. The fourth-order valence-corrected chi connectivity index (χ4v) is 2.14. The number of anilines is 1. The number of para-hydroxylation sites is 2. The molecule has 23 heavy (non-hydrogen) atoms. The number of nitrogen functional groups attached to an aromatic ring is 1. The molecule has 0 saturated heterocycles. The highest BCUT2D eigenvalue weighted by molar-refractivity contribution is 6.00. The minimum absolute atomic E-state index is 0.648. The fraction of sp³-hybridized carbons (Fsp3) is 0.150. The predicted octanol–water partition coefficient (Wildman–Crippen LogP) is 4.39. The summed E-state index contributed by atoms with van der Waals surface area (Å²) in [5.74, 6) is 0. The zero-order chi connectivity index (χ0) is 16.7. The average molecular weight is 305 g/mol. The molecule has 2 aromatic rings. The maximum atomic E-state index is 6.13. The second-order valence-electron chi connectivity index (χ2n) is 5.49. The van der Waals surface area contributed by atoms with Crippen LogP contribution in [0.15, 0.2) is 83.0 Å². The summed E-state index contributed by atoms with van der Waals surface area (Å²) in [5, 5.41) is 0. The molecule has 0 radical (unpaired) electrons. The number of nitrogens with zero attached hydrogens (tertiary/aromatic N) is 1. The molecule has 0 heterocycles. The molecule has 0 bridgehead atoms. The first kappa shape index (κ1) is 16.6. The first-order valence-electron chi connectivity index (χ1n) is 7.64. The number of hydrogen-bond acceptors (Lipinski definition) is 3. The van der Waals surface area contributed by atoms with Gasteiger partial charge in [0.05, 0.1) is 22.8 Å². The topological polar surface area (TPSA) is 64.4 Å². The molecular formula is C20H23N3. The predicted molar refractivity (Wildman–Crippen MR) is 99.8 cm³/mol. The summed E-state index contributed by atoms with van der Waals surface area (Å²) in [6, 6.07) is 17.8. The van der Waals surface area contributed by atoms with Crippen LogP contribution in [0, 0.1) is 0 Å². The zero-order valence-corrected chi connectivity index (χ0v) is 13.7. The molecule has 0 unspecified atom stereocenters. The van der Waals surface area contributed by atoms with E-state index in [9.17, 15) is 0 Å². The molecule has 118 valence electrons. The highest BCUT2D eigenvalue weighted by atomic mass is 14.8. The zero-order valence-electron chi connectivity index (χ0n) is 13.7. The third kappa shape index (κ3) is 5.15. The van der Waals surface area contributed by atoms with Crippen molar-refractivity contribution in [3.63, 3.8) is 0 Å². The molecular weight excluding hydrogens is 282 g/mol. The van der Waals surface area contributed by atoms with Crippen molar-refractivity contribution < 1.29 is 0 Å². The molecule has 4 N–H and O–H groups in total. The van der Waals surface area contributed by atoms with E-state index in [1.54, 1.807) is 0 Å². The molecule has 0 aliphatic heterocycles. The van der Waals surface area contributed by atoms with Crippen molar-refractivity contribution in [3.05, 3.63) is 83.6 Å². The highest BCUT2D eigenvalue weighted by Crippen LogP contribution is 2.21. The van der Waals surface area contributed by atoms with E-state index in [1.807, 2.05) is 62.4 Å². The van der Waals surface area contributed by atoms with Crippen molar-refractivity contribution in [1.82, 2.24) is 0 Å². The number of benzene rings is 2. The van der Waals surface area contributed by atoms with Gasteiger partial charge in [-0.15, -0.1) is 0 Å². The van der Waals surface area contributed by atoms with Gasteiger partial charge in [-0.2, -0.15) is 0 Å². The van der Waals surface area contributed by atoms with Crippen LogP contribution in [0.5, 0.6) is 0 Å². The van der Waals surface area contributed by atoms with E-state index in [2.05, 4.69) is 23.2 Å². The highest BCUT2D eigenvalue weighted by Gasteiger charge is 2.00. The Hall–Kier alpha value is -2.81. The van der Waals surface area contributed by atoms with Gasteiger partial charge in [-0.25, -0.2) is 4.99 Å². The number of nitrogens with two attached hydrogens (primary N) is 2. The lowest BCUT2D eigenvalue weighted by molar-refractivity contribution is 1.23. The summed E-state index contributed by atoms with van der Waals surface area (Å²) in [7, 11) is 0. The largest absolute Gasteiger partial charge is 0.397 e. The van der Waals surface area contributed by atoms with Crippen molar-refractivity contribution in [2.75, 3.05) is 5.73 Å². The Labute approximate surface area is 138 Å². The van der Waals surface area contributed by atoms with Crippen LogP contribution < -0.4 is 11.5 Å². The number of hydrogen-bond donors (Lipinski definition) is 2. The van der Waals surface area contributed by atoms with Crippen LogP contribution in [0.25, 0.3) is 0 Å². The molecule has 0 aliphatic carbocycles. The van der Waals surface area contributed by atoms with Crippen LogP contribution in [0.4, 0.5) is 11.4 Å². The van der Waals surface area contributed by atoms with E-state index in [4.69, 9.17) is 11.5 Å². The lowest BCUT2D eigenvalue weighted by Gasteiger charge is -2.04. The fourth-order valence-electron chi connectivity index (χ4n) is 2.14. The van der Waals surface area contributed by atoms with Crippen molar-refractivity contribution >= 4 is 17.1 Å². The lowest BCUT2D eigenvalue weighted by Crippen LogP contribution is -2.07. The third-order valence-electron chi connectivity index (χ3n) is 3.53. The van der Waals surface area contributed by atoms with Crippen molar-refractivity contribution in [3.8, 4) is 0 Å². The van der Waals surface area contributed by atoms with E-state index >= 15 is 0 Å². The first-order valence-corrected chi connectivity index (χ1v) is 7.64. The van der Waals surface area contributed by atoms with E-state index < -0.39 is 0 Å². The van der Waals surface area contributed by atoms with E-state index in [0.29, 0.717) is 11.4 Å². The summed E-state index contributed by atoms with van der Waals surface area (Å²) < 4.78 is 0. The van der Waals surface area contributed by atoms with Crippen LogP contribution in [-0.4, -0.2) is 5.71 Å². The minimum atomic E-state index is 0.648. The Bertz CT molecular complexity index is 740. The first-order chi connectivity index (χ1) is 11.1. The van der Waals surface area contributed by atoms with Crippen LogP contribution in [-0.2, 0) is 6.42 Å². The van der Waals surface area contributed by atoms with Gasteiger partial charge >= 0.3 is 0 Å². The summed E-state index contributed by atoms with van der Waals surface area (Å²) in [5.41, 5.74) is 17.2. The van der Waals surface area contributed by atoms with E-state index in [1.165, 1.54) is 5.56 Å². The maximum absolute atomic E-state index is 6.13. The molecule has 2 aromatic carbocycles. The van der Waals surface area contributed by atoms with Crippen molar-refractivity contribution in [1.29, 1.82) is 0 Å². The molecule has 0 atom stereocenters. The molecule has 2 rings (SSSR count). The summed E-state index contributed by atoms with van der Waals surface area (Å²) in [6.07, 6.45) is 4.99. The van der Waals surface area contributed by atoms with Gasteiger partial charge in [0.1, 0.15) is 0 Å². The van der Waals surface area contributed by atoms with Gasteiger partial charge in [0.15, 0.2) is 0 Å². The van der Waals surface area contributed by atoms with Crippen LogP contribution in [0.3, 0.4) is 0 Å². The third-order valence-corrected chi connectivity index (χ3v) is 3.53. The quantitative estimate of drug-likeness (QED) is 0.489. The molecule has 0 aromatic heterocycles. The molecule has 3 heteroatoms. The second-order valence-corrected chi connectivity index (χ2v) is 5.49. The number of aliphatic imine (C=N–C) groups is 1. The average Bonchev–Trinajstić information content (AvgIpc) is 2.56. The Morgan fingerprint density at radius 2 is 1.65 bits per heavy atom. The number of rotatable bonds is 5. The van der Waals surface area contributed by atoms with Crippen LogP contribution in [0.2, 0.25) is 0 Å². The van der Waals surface area contributed by atoms with Gasteiger partial charge in [0.2, 0.25) is 0 Å². The van der Waals surface area contributed by atoms with Gasteiger partial charge in [0, 0.05) is 0 Å². The number of allylic oxidation sites excluding steroid dienone is 4. The molecule has 0 saturated carbocycles. The Kier molecular flexibility index (Phi) is 5.75. The van der Waals surface area contributed by atoms with Crippen molar-refractivity contribution in [2.24, 2.45) is 10.7 Å². The second kappa shape index (κ2) is 7.99. The smallest absolute Gasteiger partial charge is 0.0862 e. The molecule has 0 aliphatic rings. The molecule has 0 amide bonds. The minimum Gasteiger partial charge on any atom is -0.397 e. The maximum Gasteiger partial charge on any atom is 0.0862 e. The van der Waals surface area contributed by atoms with Gasteiger partial charge in [-0.1, -0.05) is 54.1 Å². The Balaban J connectivity index is 2.10. The Morgan fingerprint density at radius 1 is 1.00 bits per heavy atom. The molecule has 0 spiro atoms. The molecule has 0 fully saturated rings. The Morgan fingerprint density at radius 3 is 2.35 bits per heavy atom. The van der Waals surface area contributed by atoms with E-state index in [0.717, 1.165) is 23.4 Å². The summed E-state index contributed by atoms with van der Waals surface area (Å²) in [4.78, 5) is 4.50. The standard InChI is InChI=1S/C20H23N3/c1-15(12-13-17-8-4-3-5-9-17)14-19(22)16(2)23-20-11-7-6-10-18(20)21/h3-12,14H,13,21-22H2,1-2H3/b15-12-,19-14-,23-16?. The van der Waals surface area contributed by atoms with Gasteiger partial charge in [-0.05, 0) is 44.0 Å². The van der Waals surface area contributed by atoms with Crippen LogP contribution >= 0.6 is 0 Å². The van der Waals surface area contributed by atoms with Gasteiger partial charge < -0.3 is 11.5 Å².